The molecule has 27 heavy (non-hydrogen) atoms. The lowest BCUT2D eigenvalue weighted by molar-refractivity contribution is 1.15. The van der Waals surface area contributed by atoms with E-state index in [0.717, 1.165) is 33.8 Å². The van der Waals surface area contributed by atoms with E-state index in [1.807, 2.05) is 56.5 Å². The number of pyridine rings is 2. The van der Waals surface area contributed by atoms with E-state index in [4.69, 9.17) is 4.98 Å². The zero-order valence-electron chi connectivity index (χ0n) is 15.8. The van der Waals surface area contributed by atoms with Gasteiger partial charge >= 0.3 is 0 Å². The van der Waals surface area contributed by atoms with Crippen LogP contribution in [0.15, 0.2) is 66.1 Å². The number of allylic oxidation sites excluding steroid dienone is 1. The van der Waals surface area contributed by atoms with Crippen LogP contribution in [0.25, 0.3) is 22.4 Å². The van der Waals surface area contributed by atoms with Crippen molar-refractivity contribution in [1.29, 1.82) is 0 Å². The fraction of sp³-hybridized carbons (Fsp3) is 0.190. The fourth-order valence-corrected chi connectivity index (χ4v) is 2.40. The highest BCUT2D eigenvalue weighted by Crippen LogP contribution is 2.22. The summed E-state index contributed by atoms with van der Waals surface area (Å²) in [6.45, 7) is 8.55. The van der Waals surface area contributed by atoms with Gasteiger partial charge in [0.1, 0.15) is 11.8 Å². The molecule has 3 aromatic rings. The average Bonchev–Trinajstić information content (AvgIpc) is 2.70. The molecule has 0 aliphatic carbocycles. The maximum absolute atomic E-state index is 4.72. The van der Waals surface area contributed by atoms with E-state index in [-0.39, 0.29) is 0 Å². The van der Waals surface area contributed by atoms with Crippen molar-refractivity contribution >= 4 is 22.6 Å². The Morgan fingerprint density at radius 1 is 1.11 bits per heavy atom. The Morgan fingerprint density at radius 3 is 2.67 bits per heavy atom. The lowest BCUT2D eigenvalue weighted by Crippen LogP contribution is -2.06. The van der Waals surface area contributed by atoms with Crippen molar-refractivity contribution in [3.63, 3.8) is 0 Å². The molecule has 6 nitrogen and oxygen atoms in total. The first-order valence-electron chi connectivity index (χ1n) is 8.64. The standard InChI is InChI=1S/C21H22N6/c1-14(5-7-16(3)22-4)12-24-21-20-19(25-13-26-21)10-9-18(27-20)17-8-6-15(2)11-23-17/h5-11,13H,1,12H2,2-4H3,(H,24,25,26)/b7-5-,22-16-. The second kappa shape index (κ2) is 8.31. The monoisotopic (exact) mass is 358 g/mol. The largest absolute Gasteiger partial charge is 0.364 e. The van der Waals surface area contributed by atoms with Crippen LogP contribution in [0.5, 0.6) is 0 Å². The Labute approximate surface area is 158 Å². The minimum atomic E-state index is 0.550. The van der Waals surface area contributed by atoms with Crippen LogP contribution in [0.1, 0.15) is 12.5 Å². The molecule has 0 aliphatic heterocycles. The molecular weight excluding hydrogens is 336 g/mol. The summed E-state index contributed by atoms with van der Waals surface area (Å²) in [7, 11) is 1.76. The van der Waals surface area contributed by atoms with E-state index < -0.39 is 0 Å². The summed E-state index contributed by atoms with van der Waals surface area (Å²) in [6.07, 6.45) is 7.23. The van der Waals surface area contributed by atoms with Crippen molar-refractivity contribution in [2.24, 2.45) is 4.99 Å². The van der Waals surface area contributed by atoms with Crippen LogP contribution in [0.3, 0.4) is 0 Å². The molecule has 0 unspecified atom stereocenters. The van der Waals surface area contributed by atoms with Gasteiger partial charge in [0.25, 0.3) is 0 Å². The van der Waals surface area contributed by atoms with Gasteiger partial charge in [-0.05, 0) is 49.3 Å². The molecule has 0 fully saturated rings. The molecule has 0 amide bonds. The minimum absolute atomic E-state index is 0.550. The zero-order valence-corrected chi connectivity index (χ0v) is 15.8. The van der Waals surface area contributed by atoms with Gasteiger partial charge in [-0.2, -0.15) is 0 Å². The highest BCUT2D eigenvalue weighted by molar-refractivity contribution is 5.93. The summed E-state index contributed by atoms with van der Waals surface area (Å²) in [4.78, 5) is 21.9. The molecule has 0 bridgehead atoms. The second-order valence-corrected chi connectivity index (χ2v) is 6.22. The van der Waals surface area contributed by atoms with Crippen molar-refractivity contribution in [1.82, 2.24) is 19.9 Å². The van der Waals surface area contributed by atoms with Gasteiger partial charge in [0.15, 0.2) is 5.82 Å². The van der Waals surface area contributed by atoms with Gasteiger partial charge < -0.3 is 5.32 Å². The topological polar surface area (TPSA) is 76.0 Å². The number of aliphatic imine (C=N–C) groups is 1. The molecule has 0 aromatic carbocycles. The zero-order chi connectivity index (χ0) is 19.2. The Balaban J connectivity index is 1.85. The average molecular weight is 358 g/mol. The number of aryl methyl sites for hydroxylation is 1. The van der Waals surface area contributed by atoms with Gasteiger partial charge in [0.2, 0.25) is 0 Å². The molecule has 0 atom stereocenters. The Kier molecular flexibility index (Phi) is 5.66. The maximum Gasteiger partial charge on any atom is 0.156 e. The summed E-state index contributed by atoms with van der Waals surface area (Å²) in [5.74, 6) is 0.671. The highest BCUT2D eigenvalue weighted by atomic mass is 15.0. The molecular formula is C21H22N6. The summed E-state index contributed by atoms with van der Waals surface area (Å²) in [5.41, 5.74) is 6.06. The van der Waals surface area contributed by atoms with Crippen LogP contribution >= 0.6 is 0 Å². The summed E-state index contributed by atoms with van der Waals surface area (Å²) in [5, 5.41) is 3.29. The van der Waals surface area contributed by atoms with E-state index in [1.165, 1.54) is 6.33 Å². The van der Waals surface area contributed by atoms with Gasteiger partial charge in [-0.3, -0.25) is 9.98 Å². The van der Waals surface area contributed by atoms with E-state index in [2.05, 4.69) is 31.8 Å². The van der Waals surface area contributed by atoms with Gasteiger partial charge in [-0.1, -0.05) is 18.7 Å². The number of aromatic nitrogens is 4. The number of fused-ring (bicyclic) bond motifs is 1. The number of nitrogens with zero attached hydrogens (tertiary/aromatic N) is 5. The first-order chi connectivity index (χ1) is 13.1. The normalized spacial score (nSPS) is 11.9. The lowest BCUT2D eigenvalue weighted by Gasteiger charge is -2.09. The van der Waals surface area contributed by atoms with Gasteiger partial charge in [0.05, 0.1) is 16.9 Å². The maximum atomic E-state index is 4.72. The first-order valence-corrected chi connectivity index (χ1v) is 8.64. The van der Waals surface area contributed by atoms with Gasteiger partial charge in [-0.25, -0.2) is 15.0 Å². The van der Waals surface area contributed by atoms with Crippen LogP contribution in [-0.4, -0.2) is 39.2 Å². The molecule has 3 aromatic heterocycles. The molecule has 0 saturated heterocycles. The molecule has 3 rings (SSSR count). The van der Waals surface area contributed by atoms with Crippen LogP contribution in [0.4, 0.5) is 5.82 Å². The van der Waals surface area contributed by atoms with E-state index >= 15 is 0 Å². The third-order valence-corrected chi connectivity index (χ3v) is 4.05. The molecule has 0 radical (unpaired) electrons. The number of nitrogens with one attached hydrogen (secondary N) is 1. The van der Waals surface area contributed by atoms with E-state index in [0.29, 0.717) is 17.9 Å². The number of anilines is 1. The predicted octanol–water partition coefficient (Wildman–Crippen LogP) is 4.01. The molecule has 0 aliphatic rings. The lowest BCUT2D eigenvalue weighted by atomic mass is 10.2. The number of hydrogen-bond acceptors (Lipinski definition) is 6. The van der Waals surface area contributed by atoms with Crippen molar-refractivity contribution in [3.8, 4) is 11.4 Å². The van der Waals surface area contributed by atoms with Gasteiger partial charge in [-0.15, -0.1) is 0 Å². The van der Waals surface area contributed by atoms with Crippen molar-refractivity contribution in [3.05, 3.63) is 66.7 Å². The molecule has 136 valence electrons. The highest BCUT2D eigenvalue weighted by Gasteiger charge is 2.08. The van der Waals surface area contributed by atoms with Crippen molar-refractivity contribution < 1.29 is 0 Å². The Hall–Kier alpha value is -3.41. The molecule has 0 spiro atoms. The summed E-state index contributed by atoms with van der Waals surface area (Å²) < 4.78 is 0. The third kappa shape index (κ3) is 4.61. The summed E-state index contributed by atoms with van der Waals surface area (Å²) in [6, 6.07) is 7.84. The number of rotatable bonds is 6. The first kappa shape index (κ1) is 18.4. The predicted molar refractivity (Wildman–Crippen MR) is 111 cm³/mol. The second-order valence-electron chi connectivity index (χ2n) is 6.22. The van der Waals surface area contributed by atoms with Crippen LogP contribution in [0.2, 0.25) is 0 Å². The van der Waals surface area contributed by atoms with Crippen LogP contribution in [-0.2, 0) is 0 Å². The van der Waals surface area contributed by atoms with E-state index in [1.54, 1.807) is 7.05 Å². The van der Waals surface area contributed by atoms with Crippen LogP contribution in [0, 0.1) is 6.92 Å². The summed E-state index contributed by atoms with van der Waals surface area (Å²) >= 11 is 0. The van der Waals surface area contributed by atoms with Crippen LogP contribution < -0.4 is 5.32 Å². The quantitative estimate of drug-likeness (QED) is 0.532. The fourth-order valence-electron chi connectivity index (χ4n) is 2.40. The Bertz CT molecular complexity index is 1020. The third-order valence-electron chi connectivity index (χ3n) is 4.05. The van der Waals surface area contributed by atoms with E-state index in [9.17, 15) is 0 Å². The SMILES string of the molecule is C=C(/C=C\C(C)=N/C)CNc1ncnc2ccc(-c3ccc(C)cn3)nc12. The Morgan fingerprint density at radius 2 is 1.93 bits per heavy atom. The van der Waals surface area contributed by atoms with Gasteiger partial charge in [0, 0.05) is 25.5 Å². The number of hydrogen-bond donors (Lipinski definition) is 1. The molecule has 6 heteroatoms. The van der Waals surface area contributed by atoms with Crippen molar-refractivity contribution in [2.45, 2.75) is 13.8 Å². The smallest absolute Gasteiger partial charge is 0.156 e. The molecule has 3 heterocycles. The molecule has 0 saturated carbocycles. The molecule has 1 N–H and O–H groups in total. The minimum Gasteiger partial charge on any atom is -0.364 e. The van der Waals surface area contributed by atoms with Crippen molar-refractivity contribution in [2.75, 3.05) is 18.9 Å².